The van der Waals surface area contributed by atoms with Crippen LogP contribution < -0.4 is 11.1 Å². The van der Waals surface area contributed by atoms with E-state index in [0.717, 1.165) is 19.4 Å². The first-order valence-electron chi connectivity index (χ1n) is 5.87. The molecular weight excluding hydrogens is 184 g/mol. The number of hydrogen-bond donors (Lipinski definition) is 2. The van der Waals surface area contributed by atoms with Crippen molar-refractivity contribution in [3.8, 4) is 0 Å². The molecule has 1 aliphatic carbocycles. The number of nitrogens with one attached hydrogen (secondary N) is 1. The van der Waals surface area contributed by atoms with Gasteiger partial charge in [0.1, 0.15) is 0 Å². The zero-order chi connectivity index (χ0) is 10.5. The molecular formula is C13H20N2. The van der Waals surface area contributed by atoms with Gasteiger partial charge in [-0.3, -0.25) is 0 Å². The van der Waals surface area contributed by atoms with Crippen molar-refractivity contribution in [2.45, 2.75) is 37.8 Å². The summed E-state index contributed by atoms with van der Waals surface area (Å²) in [7, 11) is 0. The predicted molar refractivity (Wildman–Crippen MR) is 63.8 cm³/mol. The Morgan fingerprint density at radius 2 is 2.00 bits per heavy atom. The van der Waals surface area contributed by atoms with Crippen LogP contribution in [0.15, 0.2) is 30.3 Å². The van der Waals surface area contributed by atoms with E-state index < -0.39 is 0 Å². The number of benzene rings is 1. The Kier molecular flexibility index (Phi) is 3.75. The van der Waals surface area contributed by atoms with Crippen LogP contribution >= 0.6 is 0 Å². The standard InChI is InChI=1S/C13H20N2/c14-12-6-7-13(10-12)15-9-8-11-4-2-1-3-5-11/h1-5,12-13,15H,6-10,14H2. The van der Waals surface area contributed by atoms with E-state index in [0.29, 0.717) is 12.1 Å². The van der Waals surface area contributed by atoms with Gasteiger partial charge in [0.2, 0.25) is 0 Å². The van der Waals surface area contributed by atoms with Gasteiger partial charge in [-0.15, -0.1) is 0 Å². The maximum atomic E-state index is 5.87. The van der Waals surface area contributed by atoms with Crippen LogP contribution in [0.4, 0.5) is 0 Å². The molecule has 0 spiro atoms. The zero-order valence-corrected chi connectivity index (χ0v) is 9.15. The van der Waals surface area contributed by atoms with Crippen LogP contribution in [-0.2, 0) is 6.42 Å². The molecule has 1 aliphatic rings. The highest BCUT2D eigenvalue weighted by Crippen LogP contribution is 2.16. The summed E-state index contributed by atoms with van der Waals surface area (Å²) in [5, 5.41) is 3.58. The third kappa shape index (κ3) is 3.33. The van der Waals surface area contributed by atoms with Crippen molar-refractivity contribution in [1.29, 1.82) is 0 Å². The Bertz CT molecular complexity index is 284. The molecule has 0 aliphatic heterocycles. The van der Waals surface area contributed by atoms with Gasteiger partial charge in [-0.05, 0) is 37.8 Å². The average Bonchev–Trinajstić information content (AvgIpc) is 2.66. The number of nitrogens with two attached hydrogens (primary N) is 1. The van der Waals surface area contributed by atoms with Crippen molar-refractivity contribution >= 4 is 0 Å². The predicted octanol–water partition coefficient (Wildman–Crippen LogP) is 1.70. The zero-order valence-electron chi connectivity index (χ0n) is 9.15. The Labute approximate surface area is 91.9 Å². The lowest BCUT2D eigenvalue weighted by atomic mass is 10.1. The molecule has 0 heterocycles. The van der Waals surface area contributed by atoms with Crippen molar-refractivity contribution in [2.75, 3.05) is 6.54 Å². The van der Waals surface area contributed by atoms with Gasteiger partial charge in [0, 0.05) is 12.1 Å². The summed E-state index contributed by atoms with van der Waals surface area (Å²) in [5.41, 5.74) is 7.28. The lowest BCUT2D eigenvalue weighted by Gasteiger charge is -2.11. The fourth-order valence-corrected chi connectivity index (χ4v) is 2.27. The van der Waals surface area contributed by atoms with E-state index in [2.05, 4.69) is 35.6 Å². The van der Waals surface area contributed by atoms with Crippen LogP contribution in [0.2, 0.25) is 0 Å². The molecule has 1 saturated carbocycles. The summed E-state index contributed by atoms with van der Waals surface area (Å²) in [4.78, 5) is 0. The molecule has 2 rings (SSSR count). The normalized spacial score (nSPS) is 25.7. The smallest absolute Gasteiger partial charge is 0.00824 e. The molecule has 0 saturated heterocycles. The van der Waals surface area contributed by atoms with Crippen molar-refractivity contribution in [1.82, 2.24) is 5.32 Å². The number of hydrogen-bond acceptors (Lipinski definition) is 2. The van der Waals surface area contributed by atoms with E-state index >= 15 is 0 Å². The quantitative estimate of drug-likeness (QED) is 0.783. The first-order valence-corrected chi connectivity index (χ1v) is 5.87. The molecule has 0 radical (unpaired) electrons. The third-order valence-corrected chi connectivity index (χ3v) is 3.16. The summed E-state index contributed by atoms with van der Waals surface area (Å²) in [6, 6.07) is 11.7. The Hall–Kier alpha value is -0.860. The molecule has 0 bridgehead atoms. The molecule has 1 aromatic carbocycles. The maximum absolute atomic E-state index is 5.87. The van der Waals surface area contributed by atoms with E-state index in [1.54, 1.807) is 0 Å². The second-order valence-electron chi connectivity index (χ2n) is 4.46. The SMILES string of the molecule is NC1CCC(NCCc2ccccc2)C1. The van der Waals surface area contributed by atoms with E-state index in [1.165, 1.54) is 18.4 Å². The first kappa shape index (κ1) is 10.7. The summed E-state index contributed by atoms with van der Waals surface area (Å²) >= 11 is 0. The highest BCUT2D eigenvalue weighted by atomic mass is 14.9. The molecule has 0 aromatic heterocycles. The molecule has 0 amide bonds. The van der Waals surface area contributed by atoms with Crippen LogP contribution in [0.25, 0.3) is 0 Å². The molecule has 15 heavy (non-hydrogen) atoms. The fourth-order valence-electron chi connectivity index (χ4n) is 2.27. The average molecular weight is 204 g/mol. The van der Waals surface area contributed by atoms with Crippen LogP contribution in [0.5, 0.6) is 0 Å². The maximum Gasteiger partial charge on any atom is 0.00824 e. The van der Waals surface area contributed by atoms with Gasteiger partial charge in [-0.25, -0.2) is 0 Å². The van der Waals surface area contributed by atoms with Crippen LogP contribution in [-0.4, -0.2) is 18.6 Å². The van der Waals surface area contributed by atoms with Crippen LogP contribution in [0, 0.1) is 0 Å². The van der Waals surface area contributed by atoms with Gasteiger partial charge < -0.3 is 11.1 Å². The van der Waals surface area contributed by atoms with Crippen LogP contribution in [0.1, 0.15) is 24.8 Å². The Morgan fingerprint density at radius 3 is 2.67 bits per heavy atom. The second-order valence-corrected chi connectivity index (χ2v) is 4.46. The molecule has 2 heteroatoms. The first-order chi connectivity index (χ1) is 7.34. The fraction of sp³-hybridized carbons (Fsp3) is 0.538. The molecule has 2 nitrogen and oxygen atoms in total. The summed E-state index contributed by atoms with van der Waals surface area (Å²) in [6.45, 7) is 1.07. The molecule has 1 aromatic rings. The van der Waals surface area contributed by atoms with Gasteiger partial charge in [0.25, 0.3) is 0 Å². The molecule has 82 valence electrons. The van der Waals surface area contributed by atoms with E-state index in [-0.39, 0.29) is 0 Å². The molecule has 1 fully saturated rings. The molecule has 2 unspecified atom stereocenters. The van der Waals surface area contributed by atoms with Gasteiger partial charge in [-0.2, -0.15) is 0 Å². The minimum atomic E-state index is 0.430. The third-order valence-electron chi connectivity index (χ3n) is 3.16. The van der Waals surface area contributed by atoms with Crippen molar-refractivity contribution in [3.05, 3.63) is 35.9 Å². The van der Waals surface area contributed by atoms with E-state index in [1.807, 2.05) is 0 Å². The second kappa shape index (κ2) is 5.29. The summed E-state index contributed by atoms with van der Waals surface area (Å²) in [5.74, 6) is 0. The van der Waals surface area contributed by atoms with Gasteiger partial charge in [0.05, 0.1) is 0 Å². The van der Waals surface area contributed by atoms with Gasteiger partial charge in [0.15, 0.2) is 0 Å². The van der Waals surface area contributed by atoms with Gasteiger partial charge >= 0.3 is 0 Å². The monoisotopic (exact) mass is 204 g/mol. The highest BCUT2D eigenvalue weighted by Gasteiger charge is 2.20. The van der Waals surface area contributed by atoms with Gasteiger partial charge in [-0.1, -0.05) is 30.3 Å². The van der Waals surface area contributed by atoms with Crippen molar-refractivity contribution in [2.24, 2.45) is 5.73 Å². The lowest BCUT2D eigenvalue weighted by Crippen LogP contribution is -2.30. The van der Waals surface area contributed by atoms with E-state index in [9.17, 15) is 0 Å². The molecule has 2 atom stereocenters. The summed E-state index contributed by atoms with van der Waals surface area (Å²) < 4.78 is 0. The number of rotatable bonds is 4. The Balaban J connectivity index is 1.67. The lowest BCUT2D eigenvalue weighted by molar-refractivity contribution is 0.520. The topological polar surface area (TPSA) is 38.0 Å². The van der Waals surface area contributed by atoms with Crippen molar-refractivity contribution in [3.63, 3.8) is 0 Å². The largest absolute Gasteiger partial charge is 0.328 e. The summed E-state index contributed by atoms with van der Waals surface area (Å²) in [6.07, 6.45) is 4.69. The minimum Gasteiger partial charge on any atom is -0.328 e. The highest BCUT2D eigenvalue weighted by molar-refractivity contribution is 5.14. The van der Waals surface area contributed by atoms with Crippen molar-refractivity contribution < 1.29 is 0 Å². The minimum absolute atomic E-state index is 0.430. The molecule has 3 N–H and O–H groups in total. The van der Waals surface area contributed by atoms with Crippen LogP contribution in [0.3, 0.4) is 0 Å². The Morgan fingerprint density at radius 1 is 1.20 bits per heavy atom. The van der Waals surface area contributed by atoms with E-state index in [4.69, 9.17) is 5.73 Å².